The van der Waals surface area contributed by atoms with Gasteiger partial charge in [0.1, 0.15) is 0 Å². The summed E-state index contributed by atoms with van der Waals surface area (Å²) >= 11 is 0. The van der Waals surface area contributed by atoms with Crippen LogP contribution < -0.4 is 9.80 Å². The van der Waals surface area contributed by atoms with Crippen LogP contribution >= 0.6 is 0 Å². The summed E-state index contributed by atoms with van der Waals surface area (Å²) in [5.41, 5.74) is 18.9. The Bertz CT molecular complexity index is 2980. The van der Waals surface area contributed by atoms with Gasteiger partial charge in [-0.2, -0.15) is 0 Å². The third-order valence-corrected chi connectivity index (χ3v) is 12.9. The number of fused-ring (bicyclic) bond motifs is 5. The van der Waals surface area contributed by atoms with Crippen LogP contribution in [0, 0.1) is 0 Å². The molecule has 1 aliphatic heterocycles. The first-order valence-corrected chi connectivity index (χ1v) is 20.9. The Balaban J connectivity index is 1.10. The highest BCUT2D eigenvalue weighted by Gasteiger charge is 2.47. The van der Waals surface area contributed by atoms with Gasteiger partial charge in [-0.15, -0.1) is 0 Å². The summed E-state index contributed by atoms with van der Waals surface area (Å²) in [5, 5.41) is 0. The molecule has 9 aromatic rings. The van der Waals surface area contributed by atoms with Crippen LogP contribution in [0.5, 0.6) is 0 Å². The van der Waals surface area contributed by atoms with Gasteiger partial charge in [-0.25, -0.2) is 0 Å². The molecule has 2 aliphatic rings. The van der Waals surface area contributed by atoms with Crippen LogP contribution in [0.15, 0.2) is 231 Å². The number of hydrogen-bond acceptors (Lipinski definition) is 2. The zero-order valence-corrected chi connectivity index (χ0v) is 33.8. The first-order chi connectivity index (χ1) is 29.5. The van der Waals surface area contributed by atoms with Gasteiger partial charge in [0, 0.05) is 28.2 Å². The Morgan fingerprint density at radius 3 is 1.50 bits per heavy atom. The van der Waals surface area contributed by atoms with E-state index >= 15 is 0 Å². The average Bonchev–Trinajstić information content (AvgIpc) is 3.61. The molecule has 0 unspecified atom stereocenters. The second-order valence-electron chi connectivity index (χ2n) is 16.5. The van der Waals surface area contributed by atoms with Crippen LogP contribution in [0.3, 0.4) is 0 Å². The first-order valence-electron chi connectivity index (χ1n) is 20.9. The van der Waals surface area contributed by atoms with Crippen molar-refractivity contribution < 1.29 is 0 Å². The molecule has 0 saturated carbocycles. The highest BCUT2D eigenvalue weighted by molar-refractivity contribution is 5.91. The molecule has 9 aromatic carbocycles. The average molecular weight is 769 g/mol. The molecular formula is C58H44N2. The number of para-hydroxylation sites is 3. The smallest absolute Gasteiger partial charge is 0.0719 e. The Hall–Kier alpha value is -7.42. The van der Waals surface area contributed by atoms with Gasteiger partial charge < -0.3 is 9.80 Å². The largest absolute Gasteiger partial charge is 0.310 e. The lowest BCUT2D eigenvalue weighted by Crippen LogP contribution is -2.30. The predicted molar refractivity (Wildman–Crippen MR) is 251 cm³/mol. The molecule has 0 fully saturated rings. The maximum atomic E-state index is 2.42. The van der Waals surface area contributed by atoms with Crippen molar-refractivity contribution in [2.45, 2.75) is 24.7 Å². The molecule has 11 rings (SSSR count). The second kappa shape index (κ2) is 14.1. The van der Waals surface area contributed by atoms with E-state index in [0.717, 1.165) is 22.7 Å². The quantitative estimate of drug-likeness (QED) is 0.159. The minimum atomic E-state index is -0.509. The summed E-state index contributed by atoms with van der Waals surface area (Å²) in [7, 11) is 0. The van der Waals surface area contributed by atoms with Crippen molar-refractivity contribution >= 4 is 34.1 Å². The van der Waals surface area contributed by atoms with E-state index in [4.69, 9.17) is 0 Å². The van der Waals surface area contributed by atoms with Gasteiger partial charge in [-0.3, -0.25) is 0 Å². The van der Waals surface area contributed by atoms with Crippen LogP contribution in [-0.4, -0.2) is 0 Å². The SMILES string of the molecule is CC1(C)c2ccccc2N(c2ccccc2)c2ccc(N(c3ccccc3)c3cccc(-c4ccccc4C4(c5ccccc5)c5ccccc5-c5ccccc54)c3)cc21. The third kappa shape index (κ3) is 5.41. The molecular weight excluding hydrogens is 725 g/mol. The normalized spacial score (nSPS) is 14.1. The topological polar surface area (TPSA) is 6.48 Å². The molecule has 60 heavy (non-hydrogen) atoms. The first kappa shape index (κ1) is 35.7. The molecule has 2 nitrogen and oxygen atoms in total. The van der Waals surface area contributed by atoms with Crippen molar-refractivity contribution in [3.8, 4) is 22.3 Å². The summed E-state index contributed by atoms with van der Waals surface area (Å²) in [5.74, 6) is 0. The molecule has 0 radical (unpaired) electrons. The summed E-state index contributed by atoms with van der Waals surface area (Å²) in [6, 6.07) is 84.7. The van der Waals surface area contributed by atoms with Gasteiger partial charge >= 0.3 is 0 Å². The van der Waals surface area contributed by atoms with E-state index in [0.29, 0.717) is 0 Å². The van der Waals surface area contributed by atoms with Crippen molar-refractivity contribution in [2.75, 3.05) is 9.80 Å². The molecule has 0 N–H and O–H groups in total. The van der Waals surface area contributed by atoms with E-state index in [9.17, 15) is 0 Å². The fourth-order valence-electron chi connectivity index (χ4n) is 10.3. The van der Waals surface area contributed by atoms with Crippen molar-refractivity contribution in [1.29, 1.82) is 0 Å². The number of benzene rings is 9. The zero-order valence-electron chi connectivity index (χ0n) is 33.8. The van der Waals surface area contributed by atoms with Gasteiger partial charge in [0.15, 0.2) is 0 Å². The summed E-state index contributed by atoms with van der Waals surface area (Å²) in [6.45, 7) is 4.73. The molecule has 2 heteroatoms. The number of rotatable bonds is 7. The van der Waals surface area contributed by atoms with Gasteiger partial charge in [-0.05, 0) is 116 Å². The van der Waals surface area contributed by atoms with Crippen molar-refractivity contribution in [2.24, 2.45) is 0 Å². The summed E-state index contributed by atoms with van der Waals surface area (Å²) < 4.78 is 0. The van der Waals surface area contributed by atoms with Crippen LogP contribution in [-0.2, 0) is 10.8 Å². The summed E-state index contributed by atoms with van der Waals surface area (Å²) in [4.78, 5) is 4.84. The summed E-state index contributed by atoms with van der Waals surface area (Å²) in [6.07, 6.45) is 0. The highest BCUT2D eigenvalue weighted by atomic mass is 15.2. The van der Waals surface area contributed by atoms with E-state index in [1.807, 2.05) is 0 Å². The Morgan fingerprint density at radius 2 is 0.833 bits per heavy atom. The van der Waals surface area contributed by atoms with Gasteiger partial charge in [0.25, 0.3) is 0 Å². The fourth-order valence-corrected chi connectivity index (χ4v) is 10.3. The molecule has 286 valence electrons. The third-order valence-electron chi connectivity index (χ3n) is 12.9. The number of hydrogen-bond donors (Lipinski definition) is 0. The van der Waals surface area contributed by atoms with Crippen molar-refractivity contribution in [3.05, 3.63) is 264 Å². The molecule has 1 aliphatic carbocycles. The van der Waals surface area contributed by atoms with E-state index < -0.39 is 5.41 Å². The number of nitrogens with zero attached hydrogens (tertiary/aromatic N) is 2. The van der Waals surface area contributed by atoms with E-state index in [1.54, 1.807) is 0 Å². The molecule has 0 aromatic heterocycles. The number of anilines is 6. The van der Waals surface area contributed by atoms with E-state index in [2.05, 4.69) is 254 Å². The van der Waals surface area contributed by atoms with Crippen molar-refractivity contribution in [3.63, 3.8) is 0 Å². The molecule has 0 bridgehead atoms. The minimum Gasteiger partial charge on any atom is -0.310 e. The second-order valence-corrected chi connectivity index (χ2v) is 16.5. The highest BCUT2D eigenvalue weighted by Crippen LogP contribution is 2.58. The zero-order chi connectivity index (χ0) is 40.3. The Kier molecular flexibility index (Phi) is 8.42. The van der Waals surface area contributed by atoms with Crippen molar-refractivity contribution in [1.82, 2.24) is 0 Å². The lowest BCUT2D eigenvalue weighted by atomic mass is 9.66. The molecule has 0 spiro atoms. The molecule has 0 saturated heterocycles. The van der Waals surface area contributed by atoms with Crippen LogP contribution in [0.4, 0.5) is 34.1 Å². The monoisotopic (exact) mass is 768 g/mol. The molecule has 0 atom stereocenters. The predicted octanol–water partition coefficient (Wildman–Crippen LogP) is 15.3. The lowest BCUT2D eigenvalue weighted by molar-refractivity contribution is 0.632. The van der Waals surface area contributed by atoms with Crippen LogP contribution in [0.2, 0.25) is 0 Å². The van der Waals surface area contributed by atoms with E-state index in [1.165, 1.54) is 67.0 Å². The molecule has 1 heterocycles. The van der Waals surface area contributed by atoms with Crippen LogP contribution in [0.25, 0.3) is 22.3 Å². The maximum Gasteiger partial charge on any atom is 0.0719 e. The standard InChI is InChI=1S/C58H44N2/c1-57(2)53-35-18-19-36-55(53)60(44-26-10-5-11-27-44)56-38-37-46(40-54(56)57)59(43-24-8-4-9-25-43)45-28-20-21-41(39-45)47-29-12-15-32-50(47)58(42-22-6-3-7-23-42)51-33-16-13-30-48(51)49-31-14-17-34-52(49)58/h3-40H,1-2H3. The van der Waals surface area contributed by atoms with E-state index in [-0.39, 0.29) is 5.41 Å². The lowest BCUT2D eigenvalue weighted by Gasteiger charge is -2.42. The minimum absolute atomic E-state index is 0.240. The van der Waals surface area contributed by atoms with Gasteiger partial charge in [0.2, 0.25) is 0 Å². The fraction of sp³-hybridized carbons (Fsp3) is 0.0690. The van der Waals surface area contributed by atoms with Crippen LogP contribution in [0.1, 0.15) is 47.2 Å². The maximum absolute atomic E-state index is 2.42. The van der Waals surface area contributed by atoms with Gasteiger partial charge in [-0.1, -0.05) is 184 Å². The molecule has 0 amide bonds. The Labute approximate surface area is 353 Å². The Morgan fingerprint density at radius 1 is 0.350 bits per heavy atom. The van der Waals surface area contributed by atoms with Gasteiger partial charge in [0.05, 0.1) is 16.8 Å².